The zero-order chi connectivity index (χ0) is 13.8. The number of hydrogen-bond donors (Lipinski definition) is 0. The number of benzene rings is 2. The Morgan fingerprint density at radius 1 is 0.950 bits per heavy atom. The van der Waals surface area contributed by atoms with Gasteiger partial charge in [-0.3, -0.25) is 9.63 Å². The molecule has 1 amide bonds. The van der Waals surface area contributed by atoms with Crippen LogP contribution in [0.3, 0.4) is 0 Å². The van der Waals surface area contributed by atoms with Crippen molar-refractivity contribution in [3.8, 4) is 0 Å². The number of carbonyl (C=O) groups is 1. The second kappa shape index (κ2) is 5.88. The maximum absolute atomic E-state index is 11.7. The van der Waals surface area contributed by atoms with Crippen LogP contribution in [0.4, 0.5) is 0 Å². The van der Waals surface area contributed by atoms with E-state index in [0.717, 1.165) is 12.0 Å². The molecule has 1 atom stereocenters. The molecule has 0 radical (unpaired) electrons. The van der Waals surface area contributed by atoms with E-state index < -0.39 is 0 Å². The average Bonchev–Trinajstić information content (AvgIpc) is 2.49. The summed E-state index contributed by atoms with van der Waals surface area (Å²) in [5, 5.41) is 1.53. The van der Waals surface area contributed by atoms with Gasteiger partial charge in [0, 0.05) is 0 Å². The van der Waals surface area contributed by atoms with E-state index in [2.05, 4.69) is 12.1 Å². The number of amides is 1. The molecule has 102 valence electrons. The van der Waals surface area contributed by atoms with Gasteiger partial charge in [-0.25, -0.2) is 5.06 Å². The fourth-order valence-corrected chi connectivity index (χ4v) is 2.40. The first-order valence-corrected chi connectivity index (χ1v) is 6.86. The van der Waals surface area contributed by atoms with E-state index in [1.54, 1.807) is 0 Å². The topological polar surface area (TPSA) is 29.5 Å². The first-order chi connectivity index (χ1) is 9.83. The second-order valence-corrected chi connectivity index (χ2v) is 5.03. The molecule has 0 spiro atoms. The molecule has 3 heteroatoms. The molecule has 0 saturated carbocycles. The van der Waals surface area contributed by atoms with E-state index in [4.69, 9.17) is 4.84 Å². The normalized spacial score (nSPS) is 17.9. The fourth-order valence-electron chi connectivity index (χ4n) is 2.40. The van der Waals surface area contributed by atoms with Crippen LogP contribution in [0.25, 0.3) is 0 Å². The Morgan fingerprint density at radius 3 is 2.15 bits per heavy atom. The first kappa shape index (κ1) is 12.9. The van der Waals surface area contributed by atoms with Crippen molar-refractivity contribution < 1.29 is 9.63 Å². The van der Waals surface area contributed by atoms with Crippen molar-refractivity contribution >= 4 is 5.91 Å². The Kier molecular flexibility index (Phi) is 3.79. The number of hydrogen-bond acceptors (Lipinski definition) is 2. The molecule has 1 heterocycles. The molecule has 0 N–H and O–H groups in total. The maximum Gasteiger partial charge on any atom is 0.248 e. The molecule has 0 aromatic heterocycles. The highest BCUT2D eigenvalue weighted by Crippen LogP contribution is 2.24. The van der Waals surface area contributed by atoms with E-state index >= 15 is 0 Å². The number of nitrogens with zero attached hydrogens (tertiary/aromatic N) is 1. The summed E-state index contributed by atoms with van der Waals surface area (Å²) in [4.78, 5) is 17.3. The number of β-lactam (4-membered cyclic amide) rings is 1. The van der Waals surface area contributed by atoms with Crippen LogP contribution in [-0.2, 0) is 22.7 Å². The lowest BCUT2D eigenvalue weighted by Crippen LogP contribution is -2.53. The van der Waals surface area contributed by atoms with Gasteiger partial charge in [0.1, 0.15) is 6.61 Å². The maximum atomic E-state index is 11.7. The highest BCUT2D eigenvalue weighted by atomic mass is 16.7. The molecule has 3 rings (SSSR count). The summed E-state index contributed by atoms with van der Waals surface area (Å²) in [5.74, 6) is 0.0712. The van der Waals surface area contributed by atoms with Crippen LogP contribution in [0.1, 0.15) is 17.5 Å². The van der Waals surface area contributed by atoms with Crippen LogP contribution in [0.15, 0.2) is 60.7 Å². The molecule has 1 aliphatic rings. The van der Waals surface area contributed by atoms with Crippen molar-refractivity contribution in [2.75, 3.05) is 0 Å². The summed E-state index contributed by atoms with van der Waals surface area (Å²) in [6.07, 6.45) is 1.42. The Bertz CT molecular complexity index is 568. The minimum absolute atomic E-state index is 0.0712. The molecule has 20 heavy (non-hydrogen) atoms. The van der Waals surface area contributed by atoms with E-state index in [1.165, 1.54) is 10.6 Å². The lowest BCUT2D eigenvalue weighted by Gasteiger charge is -2.38. The summed E-state index contributed by atoms with van der Waals surface area (Å²) in [5.41, 5.74) is 2.31. The predicted octanol–water partition coefficient (Wildman–Crippen LogP) is 2.96. The Hall–Kier alpha value is -2.13. The fraction of sp³-hybridized carbons (Fsp3) is 0.235. The summed E-state index contributed by atoms with van der Waals surface area (Å²) >= 11 is 0. The molecule has 2 aromatic rings. The van der Waals surface area contributed by atoms with E-state index in [9.17, 15) is 4.79 Å². The van der Waals surface area contributed by atoms with Gasteiger partial charge >= 0.3 is 0 Å². The van der Waals surface area contributed by atoms with Crippen molar-refractivity contribution in [2.45, 2.75) is 25.5 Å². The highest BCUT2D eigenvalue weighted by Gasteiger charge is 2.37. The molecular weight excluding hydrogens is 250 g/mol. The summed E-state index contributed by atoms with van der Waals surface area (Å²) in [6.45, 7) is 0.442. The largest absolute Gasteiger partial charge is 0.272 e. The average molecular weight is 267 g/mol. The summed E-state index contributed by atoms with van der Waals surface area (Å²) < 4.78 is 0. The summed E-state index contributed by atoms with van der Waals surface area (Å²) in [7, 11) is 0. The van der Waals surface area contributed by atoms with Crippen molar-refractivity contribution in [3.05, 3.63) is 71.8 Å². The molecule has 1 saturated heterocycles. The Balaban J connectivity index is 1.57. The zero-order valence-corrected chi connectivity index (χ0v) is 11.2. The first-order valence-electron chi connectivity index (χ1n) is 6.86. The minimum atomic E-state index is 0.0712. The Labute approximate surface area is 118 Å². The standard InChI is InChI=1S/C17H17NO2/c19-17-12-16(11-14-7-3-1-4-8-14)18(17)20-13-15-9-5-2-6-10-15/h1-10,16H,11-13H2/t16-/m1/s1. The third kappa shape index (κ3) is 2.89. The van der Waals surface area contributed by atoms with Crippen LogP contribution in [0.2, 0.25) is 0 Å². The minimum Gasteiger partial charge on any atom is -0.272 e. The van der Waals surface area contributed by atoms with Gasteiger partial charge in [0.2, 0.25) is 5.91 Å². The van der Waals surface area contributed by atoms with Gasteiger partial charge in [-0.05, 0) is 17.5 Å². The molecule has 0 unspecified atom stereocenters. The van der Waals surface area contributed by atoms with Gasteiger partial charge in [-0.1, -0.05) is 60.7 Å². The van der Waals surface area contributed by atoms with Gasteiger partial charge in [0.05, 0.1) is 12.5 Å². The molecule has 2 aromatic carbocycles. The van der Waals surface area contributed by atoms with Gasteiger partial charge in [0.15, 0.2) is 0 Å². The molecule has 0 bridgehead atoms. The number of carbonyl (C=O) groups excluding carboxylic acids is 1. The zero-order valence-electron chi connectivity index (χ0n) is 11.2. The van der Waals surface area contributed by atoms with Crippen LogP contribution in [0.5, 0.6) is 0 Å². The lowest BCUT2D eigenvalue weighted by atomic mass is 9.97. The highest BCUT2D eigenvalue weighted by molar-refractivity contribution is 5.82. The van der Waals surface area contributed by atoms with Gasteiger partial charge in [-0.2, -0.15) is 0 Å². The Morgan fingerprint density at radius 2 is 1.55 bits per heavy atom. The second-order valence-electron chi connectivity index (χ2n) is 5.03. The molecular formula is C17H17NO2. The van der Waals surface area contributed by atoms with E-state index in [-0.39, 0.29) is 11.9 Å². The SMILES string of the molecule is O=C1C[C@@H](Cc2ccccc2)N1OCc1ccccc1. The van der Waals surface area contributed by atoms with Crippen molar-refractivity contribution in [1.29, 1.82) is 0 Å². The quantitative estimate of drug-likeness (QED) is 0.779. The van der Waals surface area contributed by atoms with E-state index in [1.807, 2.05) is 48.5 Å². The molecule has 1 fully saturated rings. The van der Waals surface area contributed by atoms with Crippen LogP contribution in [-0.4, -0.2) is 17.0 Å². The van der Waals surface area contributed by atoms with Crippen LogP contribution < -0.4 is 0 Å². The van der Waals surface area contributed by atoms with Crippen molar-refractivity contribution in [3.63, 3.8) is 0 Å². The lowest BCUT2D eigenvalue weighted by molar-refractivity contribution is -0.232. The van der Waals surface area contributed by atoms with Gasteiger partial charge in [-0.15, -0.1) is 0 Å². The number of hydroxylamine groups is 2. The molecule has 1 aliphatic heterocycles. The third-order valence-electron chi connectivity index (χ3n) is 3.51. The number of rotatable bonds is 5. The molecule has 0 aliphatic carbocycles. The smallest absolute Gasteiger partial charge is 0.248 e. The summed E-state index contributed by atoms with van der Waals surface area (Å²) in [6, 6.07) is 20.3. The van der Waals surface area contributed by atoms with Gasteiger partial charge in [0.25, 0.3) is 0 Å². The third-order valence-corrected chi connectivity index (χ3v) is 3.51. The van der Waals surface area contributed by atoms with Crippen LogP contribution in [0, 0.1) is 0 Å². The van der Waals surface area contributed by atoms with Crippen molar-refractivity contribution in [2.24, 2.45) is 0 Å². The van der Waals surface area contributed by atoms with E-state index in [0.29, 0.717) is 13.0 Å². The van der Waals surface area contributed by atoms with Crippen LogP contribution >= 0.6 is 0 Å². The predicted molar refractivity (Wildman–Crippen MR) is 76.6 cm³/mol. The van der Waals surface area contributed by atoms with Gasteiger partial charge < -0.3 is 0 Å². The monoisotopic (exact) mass is 267 g/mol. The molecule has 3 nitrogen and oxygen atoms in total. The van der Waals surface area contributed by atoms with Crippen molar-refractivity contribution in [1.82, 2.24) is 5.06 Å².